The van der Waals surface area contributed by atoms with Gasteiger partial charge in [0.2, 0.25) is 5.95 Å². The van der Waals surface area contributed by atoms with Gasteiger partial charge in [0.1, 0.15) is 5.69 Å². The minimum Gasteiger partial charge on any atom is -0.338 e. The van der Waals surface area contributed by atoms with Crippen LogP contribution in [0.3, 0.4) is 0 Å². The van der Waals surface area contributed by atoms with E-state index in [2.05, 4.69) is 18.8 Å². The number of hydrogen-bond donors (Lipinski definition) is 0. The van der Waals surface area contributed by atoms with Crippen molar-refractivity contribution in [2.75, 3.05) is 7.05 Å². The summed E-state index contributed by atoms with van der Waals surface area (Å²) in [7, 11) is 1.72. The molecule has 1 atom stereocenters. The first kappa shape index (κ1) is 13.6. The first-order chi connectivity index (χ1) is 7.91. The lowest BCUT2D eigenvalue weighted by Gasteiger charge is -2.26. The number of aromatic nitrogens is 1. The Morgan fingerprint density at radius 1 is 1.41 bits per heavy atom. The summed E-state index contributed by atoms with van der Waals surface area (Å²) < 4.78 is 12.9. The maximum Gasteiger partial charge on any atom is 0.272 e. The lowest BCUT2D eigenvalue weighted by molar-refractivity contribution is 0.0721. The summed E-state index contributed by atoms with van der Waals surface area (Å²) in [5.41, 5.74) is 0.156. The van der Waals surface area contributed by atoms with Crippen molar-refractivity contribution in [3.05, 3.63) is 29.8 Å². The SMILES string of the molecule is CC(C)CC(C)N(C)C(=O)c1cccc(F)n1. The maximum absolute atomic E-state index is 12.9. The standard InChI is InChI=1S/C13H19FN2O/c1-9(2)8-10(3)16(4)13(17)11-6-5-7-12(14)15-11/h5-7,9-10H,8H2,1-4H3. The summed E-state index contributed by atoms with van der Waals surface area (Å²) in [4.78, 5) is 17.2. The third-order valence-electron chi connectivity index (χ3n) is 2.73. The highest BCUT2D eigenvalue weighted by molar-refractivity contribution is 5.92. The van der Waals surface area contributed by atoms with Gasteiger partial charge in [-0.05, 0) is 31.4 Å². The van der Waals surface area contributed by atoms with Crippen molar-refractivity contribution in [2.45, 2.75) is 33.2 Å². The molecule has 0 aromatic carbocycles. The quantitative estimate of drug-likeness (QED) is 0.756. The third kappa shape index (κ3) is 3.80. The maximum atomic E-state index is 12.9. The highest BCUT2D eigenvalue weighted by atomic mass is 19.1. The van der Waals surface area contributed by atoms with Crippen LogP contribution in [-0.4, -0.2) is 28.9 Å². The van der Waals surface area contributed by atoms with Crippen molar-refractivity contribution in [3.8, 4) is 0 Å². The van der Waals surface area contributed by atoms with Crippen molar-refractivity contribution in [2.24, 2.45) is 5.92 Å². The first-order valence-electron chi connectivity index (χ1n) is 5.81. The highest BCUT2D eigenvalue weighted by Gasteiger charge is 2.19. The lowest BCUT2D eigenvalue weighted by atomic mass is 10.0. The molecule has 3 nitrogen and oxygen atoms in total. The number of nitrogens with zero attached hydrogens (tertiary/aromatic N) is 2. The number of amides is 1. The fourth-order valence-corrected chi connectivity index (χ4v) is 1.75. The molecule has 0 spiro atoms. The van der Waals surface area contributed by atoms with Gasteiger partial charge < -0.3 is 4.90 Å². The van der Waals surface area contributed by atoms with Crippen LogP contribution >= 0.6 is 0 Å². The minimum absolute atomic E-state index is 0.118. The fourth-order valence-electron chi connectivity index (χ4n) is 1.75. The molecular weight excluding hydrogens is 219 g/mol. The third-order valence-corrected chi connectivity index (χ3v) is 2.73. The van der Waals surface area contributed by atoms with E-state index in [1.54, 1.807) is 11.9 Å². The van der Waals surface area contributed by atoms with Crippen LogP contribution in [0, 0.1) is 11.9 Å². The van der Waals surface area contributed by atoms with Crippen LogP contribution in [-0.2, 0) is 0 Å². The zero-order chi connectivity index (χ0) is 13.0. The second kappa shape index (κ2) is 5.75. The first-order valence-corrected chi connectivity index (χ1v) is 5.81. The van der Waals surface area contributed by atoms with E-state index in [9.17, 15) is 9.18 Å². The van der Waals surface area contributed by atoms with Crippen LogP contribution in [0.15, 0.2) is 18.2 Å². The van der Waals surface area contributed by atoms with Crippen LogP contribution in [0.5, 0.6) is 0 Å². The van der Waals surface area contributed by atoms with E-state index in [1.807, 2.05) is 6.92 Å². The molecule has 0 saturated heterocycles. The van der Waals surface area contributed by atoms with E-state index < -0.39 is 5.95 Å². The van der Waals surface area contributed by atoms with Gasteiger partial charge >= 0.3 is 0 Å². The Hall–Kier alpha value is -1.45. The largest absolute Gasteiger partial charge is 0.338 e. The summed E-state index contributed by atoms with van der Waals surface area (Å²) in [6, 6.07) is 4.38. The number of hydrogen-bond acceptors (Lipinski definition) is 2. The van der Waals surface area contributed by atoms with Crippen molar-refractivity contribution < 1.29 is 9.18 Å². The molecule has 0 aliphatic rings. The van der Waals surface area contributed by atoms with Gasteiger partial charge in [-0.3, -0.25) is 4.79 Å². The molecule has 0 aliphatic heterocycles. The van der Waals surface area contributed by atoms with Crippen LogP contribution in [0.4, 0.5) is 4.39 Å². The number of halogens is 1. The number of carbonyl (C=O) groups is 1. The average molecular weight is 238 g/mol. The van der Waals surface area contributed by atoms with Crippen LogP contribution in [0.2, 0.25) is 0 Å². The second-order valence-electron chi connectivity index (χ2n) is 4.74. The minimum atomic E-state index is -0.624. The van der Waals surface area contributed by atoms with Crippen molar-refractivity contribution in [1.29, 1.82) is 0 Å². The monoisotopic (exact) mass is 238 g/mol. The van der Waals surface area contributed by atoms with Crippen LogP contribution in [0.25, 0.3) is 0 Å². The van der Waals surface area contributed by atoms with E-state index in [0.717, 1.165) is 6.42 Å². The van der Waals surface area contributed by atoms with E-state index in [-0.39, 0.29) is 17.6 Å². The topological polar surface area (TPSA) is 33.2 Å². The lowest BCUT2D eigenvalue weighted by Crippen LogP contribution is -2.36. The Balaban J connectivity index is 2.76. The van der Waals surface area contributed by atoms with E-state index in [4.69, 9.17) is 0 Å². The van der Waals surface area contributed by atoms with Gasteiger partial charge in [-0.25, -0.2) is 4.98 Å². The summed E-state index contributed by atoms with van der Waals surface area (Å²) in [5.74, 6) is -0.348. The zero-order valence-corrected chi connectivity index (χ0v) is 10.8. The molecule has 94 valence electrons. The smallest absolute Gasteiger partial charge is 0.272 e. The molecule has 0 bridgehead atoms. The molecule has 1 amide bonds. The predicted octanol–water partition coefficient (Wildman–Crippen LogP) is 2.73. The van der Waals surface area contributed by atoms with Crippen molar-refractivity contribution in [1.82, 2.24) is 9.88 Å². The molecule has 1 aromatic heterocycles. The molecule has 0 aliphatic carbocycles. The molecule has 0 N–H and O–H groups in total. The molecule has 0 radical (unpaired) electrons. The van der Waals surface area contributed by atoms with Gasteiger partial charge in [0.05, 0.1) is 0 Å². The van der Waals surface area contributed by atoms with E-state index >= 15 is 0 Å². The van der Waals surface area contributed by atoms with Gasteiger partial charge in [-0.2, -0.15) is 4.39 Å². The molecule has 1 heterocycles. The number of carbonyl (C=O) groups excluding carboxylic acids is 1. The summed E-state index contributed by atoms with van der Waals surface area (Å²) in [6.45, 7) is 6.20. The van der Waals surface area contributed by atoms with Crippen LogP contribution < -0.4 is 0 Å². The number of rotatable bonds is 4. The molecule has 1 rings (SSSR count). The molecule has 4 heteroatoms. The highest BCUT2D eigenvalue weighted by Crippen LogP contribution is 2.12. The molecule has 17 heavy (non-hydrogen) atoms. The summed E-state index contributed by atoms with van der Waals surface area (Å²) in [6.07, 6.45) is 0.914. The molecular formula is C13H19FN2O. The van der Waals surface area contributed by atoms with Gasteiger partial charge in [0.15, 0.2) is 0 Å². The van der Waals surface area contributed by atoms with Crippen molar-refractivity contribution in [3.63, 3.8) is 0 Å². The second-order valence-corrected chi connectivity index (χ2v) is 4.74. The molecule has 1 aromatic rings. The Kier molecular flexibility index (Phi) is 4.61. The summed E-state index contributed by atoms with van der Waals surface area (Å²) in [5, 5.41) is 0. The van der Waals surface area contributed by atoms with Gasteiger partial charge in [0, 0.05) is 13.1 Å². The Labute approximate surface area is 102 Å². The summed E-state index contributed by atoms with van der Waals surface area (Å²) >= 11 is 0. The van der Waals surface area contributed by atoms with E-state index in [0.29, 0.717) is 5.92 Å². The van der Waals surface area contributed by atoms with Gasteiger partial charge in [-0.1, -0.05) is 19.9 Å². The molecule has 1 unspecified atom stereocenters. The zero-order valence-electron chi connectivity index (χ0n) is 10.8. The van der Waals surface area contributed by atoms with Crippen molar-refractivity contribution >= 4 is 5.91 Å². The van der Waals surface area contributed by atoms with Crippen LogP contribution in [0.1, 0.15) is 37.7 Å². The van der Waals surface area contributed by atoms with E-state index in [1.165, 1.54) is 18.2 Å². The molecule has 0 saturated carbocycles. The Morgan fingerprint density at radius 3 is 2.59 bits per heavy atom. The number of pyridine rings is 1. The van der Waals surface area contributed by atoms with Gasteiger partial charge in [0.25, 0.3) is 5.91 Å². The van der Waals surface area contributed by atoms with Gasteiger partial charge in [-0.15, -0.1) is 0 Å². The normalized spacial score (nSPS) is 12.6. The fraction of sp³-hybridized carbons (Fsp3) is 0.538. The molecule has 0 fully saturated rings. The average Bonchev–Trinajstić information content (AvgIpc) is 2.26. The Bertz CT molecular complexity index is 393. The Morgan fingerprint density at radius 2 is 2.06 bits per heavy atom. The predicted molar refractivity (Wildman–Crippen MR) is 65.2 cm³/mol.